The fraction of sp³-hybridized carbons (Fsp3) is 0.467. The van der Waals surface area contributed by atoms with Crippen molar-refractivity contribution in [1.82, 2.24) is 25.4 Å². The van der Waals surface area contributed by atoms with Gasteiger partial charge in [-0.25, -0.2) is 4.98 Å². The van der Waals surface area contributed by atoms with Gasteiger partial charge < -0.3 is 10.2 Å². The number of piperidine rings is 1. The highest BCUT2D eigenvalue weighted by atomic mass is 16.2. The van der Waals surface area contributed by atoms with E-state index in [1.807, 2.05) is 12.1 Å². The molecule has 0 unspecified atom stereocenters. The minimum Gasteiger partial charge on any atom is -0.350 e. The Morgan fingerprint density at radius 2 is 2.32 bits per heavy atom. The Balaban J connectivity index is 1.49. The average molecular weight is 301 g/mol. The summed E-state index contributed by atoms with van der Waals surface area (Å²) in [6.07, 6.45) is 4.61. The van der Waals surface area contributed by atoms with E-state index in [4.69, 9.17) is 0 Å². The highest BCUT2D eigenvalue weighted by molar-refractivity contribution is 5.80. The van der Waals surface area contributed by atoms with Crippen molar-refractivity contribution < 1.29 is 9.59 Å². The Hall–Kier alpha value is -2.44. The predicted molar refractivity (Wildman–Crippen MR) is 80.8 cm³/mol. The standard InChI is InChI=1S/C15H19N5O2/c21-13(6-9-20-8-2-1-5-14(20)22)17-10-12-11-4-3-7-16-15(11)19-18-12/h3-4,7H,1-2,5-6,8-10H2,(H,17,21)(H,16,18,19). The maximum Gasteiger partial charge on any atom is 0.222 e. The van der Waals surface area contributed by atoms with Gasteiger partial charge in [-0.2, -0.15) is 5.10 Å². The smallest absolute Gasteiger partial charge is 0.222 e. The number of H-pyrrole nitrogens is 1. The van der Waals surface area contributed by atoms with Crippen LogP contribution in [0.1, 0.15) is 31.4 Å². The number of carbonyl (C=O) groups excluding carboxylic acids is 2. The number of carbonyl (C=O) groups is 2. The number of rotatable bonds is 5. The molecule has 116 valence electrons. The first-order valence-electron chi connectivity index (χ1n) is 7.56. The van der Waals surface area contributed by atoms with Crippen molar-refractivity contribution in [3.63, 3.8) is 0 Å². The van der Waals surface area contributed by atoms with Crippen molar-refractivity contribution >= 4 is 22.8 Å². The summed E-state index contributed by atoms with van der Waals surface area (Å²) in [5.41, 5.74) is 1.48. The third-order valence-corrected chi connectivity index (χ3v) is 3.90. The monoisotopic (exact) mass is 301 g/mol. The number of amides is 2. The molecule has 7 nitrogen and oxygen atoms in total. The lowest BCUT2D eigenvalue weighted by Gasteiger charge is -2.26. The van der Waals surface area contributed by atoms with Gasteiger partial charge in [0.2, 0.25) is 11.8 Å². The molecule has 3 heterocycles. The summed E-state index contributed by atoms with van der Waals surface area (Å²) in [6.45, 7) is 1.65. The van der Waals surface area contributed by atoms with E-state index in [9.17, 15) is 9.59 Å². The number of nitrogens with one attached hydrogen (secondary N) is 2. The maximum absolute atomic E-state index is 11.9. The van der Waals surface area contributed by atoms with E-state index in [0.29, 0.717) is 31.6 Å². The molecule has 2 N–H and O–H groups in total. The van der Waals surface area contributed by atoms with Gasteiger partial charge in [0, 0.05) is 37.5 Å². The number of pyridine rings is 1. The summed E-state index contributed by atoms with van der Waals surface area (Å²) in [5, 5.41) is 10.7. The van der Waals surface area contributed by atoms with Crippen LogP contribution in [0.3, 0.4) is 0 Å². The molecule has 1 fully saturated rings. The second-order valence-corrected chi connectivity index (χ2v) is 5.44. The lowest BCUT2D eigenvalue weighted by atomic mass is 10.1. The summed E-state index contributed by atoms with van der Waals surface area (Å²) in [7, 11) is 0. The zero-order valence-electron chi connectivity index (χ0n) is 12.3. The third-order valence-electron chi connectivity index (χ3n) is 3.90. The average Bonchev–Trinajstić information content (AvgIpc) is 2.95. The molecule has 1 aliphatic heterocycles. The molecule has 0 radical (unpaired) electrons. The minimum atomic E-state index is -0.0648. The second-order valence-electron chi connectivity index (χ2n) is 5.44. The number of hydrogen-bond acceptors (Lipinski definition) is 4. The van der Waals surface area contributed by atoms with Gasteiger partial charge in [-0.1, -0.05) is 0 Å². The fourth-order valence-corrected chi connectivity index (χ4v) is 2.65. The molecule has 0 spiro atoms. The van der Waals surface area contributed by atoms with Crippen molar-refractivity contribution in [2.24, 2.45) is 0 Å². The summed E-state index contributed by atoms with van der Waals surface area (Å²) in [4.78, 5) is 29.5. The molecule has 7 heteroatoms. The maximum atomic E-state index is 11.9. The van der Waals surface area contributed by atoms with Crippen molar-refractivity contribution in [3.8, 4) is 0 Å². The van der Waals surface area contributed by atoms with Crippen LogP contribution >= 0.6 is 0 Å². The molecule has 1 aliphatic rings. The van der Waals surface area contributed by atoms with Gasteiger partial charge in [-0.15, -0.1) is 0 Å². The molecule has 0 saturated carbocycles. The van der Waals surface area contributed by atoms with Gasteiger partial charge in [-0.05, 0) is 25.0 Å². The van der Waals surface area contributed by atoms with Gasteiger partial charge in [0.05, 0.1) is 12.2 Å². The zero-order chi connectivity index (χ0) is 15.4. The fourth-order valence-electron chi connectivity index (χ4n) is 2.65. The second kappa shape index (κ2) is 6.55. The molecule has 2 amide bonds. The van der Waals surface area contributed by atoms with Gasteiger partial charge in [0.1, 0.15) is 0 Å². The Bertz CT molecular complexity index is 681. The lowest BCUT2D eigenvalue weighted by Crippen LogP contribution is -2.38. The summed E-state index contributed by atoms with van der Waals surface area (Å²) < 4.78 is 0. The van der Waals surface area contributed by atoms with E-state index < -0.39 is 0 Å². The molecule has 0 bridgehead atoms. The first-order valence-corrected chi connectivity index (χ1v) is 7.56. The molecule has 2 aromatic rings. The van der Waals surface area contributed by atoms with Crippen LogP contribution < -0.4 is 5.32 Å². The predicted octanol–water partition coefficient (Wildman–Crippen LogP) is 0.977. The molecular formula is C15H19N5O2. The SMILES string of the molecule is O=C(CCN1CCCCC1=O)NCc1[nH]nc2ncccc12. The van der Waals surface area contributed by atoms with Gasteiger partial charge in [0.15, 0.2) is 5.65 Å². The number of hydrogen-bond donors (Lipinski definition) is 2. The van der Waals surface area contributed by atoms with Gasteiger partial charge in [-0.3, -0.25) is 14.7 Å². The van der Waals surface area contributed by atoms with Crippen molar-refractivity contribution in [3.05, 3.63) is 24.0 Å². The summed E-state index contributed by atoms with van der Waals surface area (Å²) in [5.74, 6) is 0.0923. The van der Waals surface area contributed by atoms with E-state index >= 15 is 0 Å². The van der Waals surface area contributed by atoms with Crippen LogP contribution in [0.25, 0.3) is 11.0 Å². The van der Waals surface area contributed by atoms with Crippen LogP contribution in [0.15, 0.2) is 18.3 Å². The molecule has 2 aromatic heterocycles. The van der Waals surface area contributed by atoms with Crippen molar-refractivity contribution in [1.29, 1.82) is 0 Å². The number of likely N-dealkylation sites (tertiary alicyclic amines) is 1. The topological polar surface area (TPSA) is 91.0 Å². The Labute approximate surface area is 128 Å². The lowest BCUT2D eigenvalue weighted by molar-refractivity contribution is -0.133. The van der Waals surface area contributed by atoms with Gasteiger partial charge >= 0.3 is 0 Å². The normalized spacial score (nSPS) is 15.3. The van der Waals surface area contributed by atoms with Crippen LogP contribution in [0.5, 0.6) is 0 Å². The molecule has 0 atom stereocenters. The van der Waals surface area contributed by atoms with Crippen LogP contribution in [0.4, 0.5) is 0 Å². The van der Waals surface area contributed by atoms with Crippen molar-refractivity contribution in [2.45, 2.75) is 32.2 Å². The molecular weight excluding hydrogens is 282 g/mol. The molecule has 1 saturated heterocycles. The van der Waals surface area contributed by atoms with Crippen LogP contribution in [-0.2, 0) is 16.1 Å². The van der Waals surface area contributed by atoms with Crippen LogP contribution in [-0.4, -0.2) is 45.0 Å². The van der Waals surface area contributed by atoms with Gasteiger partial charge in [0.25, 0.3) is 0 Å². The zero-order valence-corrected chi connectivity index (χ0v) is 12.3. The van der Waals surface area contributed by atoms with E-state index in [-0.39, 0.29) is 11.8 Å². The number of fused-ring (bicyclic) bond motifs is 1. The van der Waals surface area contributed by atoms with Crippen LogP contribution in [0, 0.1) is 0 Å². The third kappa shape index (κ3) is 3.24. The minimum absolute atomic E-state index is 0.0648. The van der Waals surface area contributed by atoms with Crippen LogP contribution in [0.2, 0.25) is 0 Å². The van der Waals surface area contributed by atoms with Crippen molar-refractivity contribution in [2.75, 3.05) is 13.1 Å². The molecule has 0 aliphatic carbocycles. The Morgan fingerprint density at radius 3 is 3.18 bits per heavy atom. The molecule has 0 aromatic carbocycles. The first-order chi connectivity index (χ1) is 10.7. The van der Waals surface area contributed by atoms with E-state index in [2.05, 4.69) is 20.5 Å². The number of nitrogens with zero attached hydrogens (tertiary/aromatic N) is 3. The largest absolute Gasteiger partial charge is 0.350 e. The quantitative estimate of drug-likeness (QED) is 0.861. The van der Waals surface area contributed by atoms with E-state index in [1.54, 1.807) is 11.1 Å². The molecule has 22 heavy (non-hydrogen) atoms. The number of aromatic nitrogens is 3. The Kier molecular flexibility index (Phi) is 4.32. The Morgan fingerprint density at radius 1 is 1.41 bits per heavy atom. The highest BCUT2D eigenvalue weighted by Crippen LogP contribution is 2.13. The van der Waals surface area contributed by atoms with E-state index in [0.717, 1.165) is 30.5 Å². The highest BCUT2D eigenvalue weighted by Gasteiger charge is 2.18. The summed E-state index contributed by atoms with van der Waals surface area (Å²) >= 11 is 0. The molecule has 3 rings (SSSR count). The summed E-state index contributed by atoms with van der Waals surface area (Å²) in [6, 6.07) is 3.75. The first kappa shape index (κ1) is 14.5. The van der Waals surface area contributed by atoms with E-state index in [1.165, 1.54) is 0 Å². The number of aromatic amines is 1.